The zero-order chi connectivity index (χ0) is 18.4. The van der Waals surface area contributed by atoms with Crippen LogP contribution in [-0.2, 0) is 4.74 Å². The molecule has 0 N–H and O–H groups in total. The number of methoxy groups -OCH3 is 1. The average Bonchev–Trinajstić information content (AvgIpc) is 2.51. The molecule has 0 saturated heterocycles. The summed E-state index contributed by atoms with van der Waals surface area (Å²) in [5, 5.41) is 0. The van der Waals surface area contributed by atoms with Crippen molar-refractivity contribution < 1.29 is 31.1 Å². The summed E-state index contributed by atoms with van der Waals surface area (Å²) in [5.74, 6) is -13.8. The van der Waals surface area contributed by atoms with Crippen molar-refractivity contribution in [2.24, 2.45) is 0 Å². The molecule has 0 unspecified atom stereocenters. The van der Waals surface area contributed by atoms with Crippen LogP contribution >= 0.6 is 0 Å². The smallest absolute Gasteiger partial charge is 0.343 e. The summed E-state index contributed by atoms with van der Waals surface area (Å²) in [6.07, 6.45) is 0.0862. The molecule has 24 heavy (non-hydrogen) atoms. The summed E-state index contributed by atoms with van der Waals surface area (Å²) in [7, 11) is 0.964. The monoisotopic (exact) mass is 350 g/mol. The van der Waals surface area contributed by atoms with Crippen LogP contribution in [0.3, 0.4) is 0 Å². The fourth-order valence-corrected chi connectivity index (χ4v) is 2.93. The number of hydrogen-bond acceptors (Lipinski definition) is 1. The molecule has 1 nitrogen and oxygen atoms in total. The topological polar surface area (TPSA) is 9.23 Å². The van der Waals surface area contributed by atoms with Crippen LogP contribution in [-0.4, -0.2) is 19.0 Å². The third-order valence-electron chi connectivity index (χ3n) is 4.33. The van der Waals surface area contributed by atoms with Gasteiger partial charge >= 0.3 is 11.8 Å². The van der Waals surface area contributed by atoms with Gasteiger partial charge in [0, 0.05) is 0 Å². The lowest BCUT2D eigenvalue weighted by Gasteiger charge is -2.39. The molecule has 0 amide bonds. The van der Waals surface area contributed by atoms with Crippen molar-refractivity contribution in [1.82, 2.24) is 0 Å². The first-order valence-electron chi connectivity index (χ1n) is 7.22. The first kappa shape index (κ1) is 18.4. The molecule has 7 heteroatoms. The molecule has 2 rings (SSSR count). The van der Waals surface area contributed by atoms with Crippen LogP contribution in [0.4, 0.5) is 26.3 Å². The molecule has 2 aliphatic carbocycles. The van der Waals surface area contributed by atoms with Crippen LogP contribution in [0.1, 0.15) is 26.2 Å². The minimum atomic E-state index is -4.98. The molecule has 0 atom stereocenters. The Labute approximate surface area is 135 Å². The number of alkyl halides is 4. The van der Waals surface area contributed by atoms with Gasteiger partial charge in [0.1, 0.15) is 11.6 Å². The van der Waals surface area contributed by atoms with Gasteiger partial charge in [0.25, 0.3) is 0 Å². The van der Waals surface area contributed by atoms with E-state index in [0.717, 1.165) is 7.11 Å². The Morgan fingerprint density at radius 2 is 1.75 bits per heavy atom. The van der Waals surface area contributed by atoms with Crippen molar-refractivity contribution in [1.29, 1.82) is 0 Å². The van der Waals surface area contributed by atoms with Crippen molar-refractivity contribution in [2.75, 3.05) is 7.11 Å². The number of halogens is 6. The van der Waals surface area contributed by atoms with Crippen molar-refractivity contribution in [3.63, 3.8) is 0 Å². The van der Waals surface area contributed by atoms with Crippen molar-refractivity contribution in [2.45, 2.75) is 38.0 Å². The number of hydrogen-bond donors (Lipinski definition) is 0. The van der Waals surface area contributed by atoms with Gasteiger partial charge in [-0.1, -0.05) is 20.1 Å². The van der Waals surface area contributed by atoms with E-state index in [4.69, 9.17) is 0 Å². The molecule has 0 saturated carbocycles. The molecule has 2 aliphatic rings. The van der Waals surface area contributed by atoms with Crippen LogP contribution < -0.4 is 0 Å². The molecular weight excluding hydrogens is 334 g/mol. The summed E-state index contributed by atoms with van der Waals surface area (Å²) in [6.45, 7) is 7.92. The van der Waals surface area contributed by atoms with Crippen LogP contribution in [0, 0.1) is 0 Å². The molecule has 0 heterocycles. The Morgan fingerprint density at radius 3 is 2.25 bits per heavy atom. The molecule has 0 fully saturated rings. The zero-order valence-electron chi connectivity index (χ0n) is 13.2. The van der Waals surface area contributed by atoms with E-state index in [-0.39, 0.29) is 24.8 Å². The van der Waals surface area contributed by atoms with Gasteiger partial charge in [-0.3, -0.25) is 0 Å². The summed E-state index contributed by atoms with van der Waals surface area (Å²) in [5.41, 5.74) is -4.01. The van der Waals surface area contributed by atoms with Gasteiger partial charge in [-0.05, 0) is 36.0 Å². The lowest BCUT2D eigenvalue weighted by Crippen LogP contribution is -2.49. The predicted octanol–water partition coefficient (Wildman–Crippen LogP) is 5.93. The normalized spacial score (nSPS) is 24.8. The largest absolute Gasteiger partial charge is 0.494 e. The van der Waals surface area contributed by atoms with Gasteiger partial charge in [-0.15, -0.1) is 0 Å². The molecule has 0 bridgehead atoms. The summed E-state index contributed by atoms with van der Waals surface area (Å²) in [6, 6.07) is 0. The first-order chi connectivity index (χ1) is 11.0. The molecule has 0 aromatic carbocycles. The predicted molar refractivity (Wildman–Crippen MR) is 78.0 cm³/mol. The second-order valence-corrected chi connectivity index (χ2v) is 5.57. The van der Waals surface area contributed by atoms with E-state index in [1.165, 1.54) is 0 Å². The van der Waals surface area contributed by atoms with E-state index in [1.54, 1.807) is 6.92 Å². The van der Waals surface area contributed by atoms with E-state index in [0.29, 0.717) is 0 Å². The standard InChI is InChI=1S/C17H16F6O/c1-5-10-6-7-11-8(2)12(14(18)9(3)24-4)16(20,21)17(22,23)13(11)15(10)19/h2-3,5-7H2,1,4H3/b14-12-. The van der Waals surface area contributed by atoms with Crippen LogP contribution in [0.5, 0.6) is 0 Å². The van der Waals surface area contributed by atoms with Crippen LogP contribution in [0.15, 0.2) is 58.4 Å². The van der Waals surface area contributed by atoms with E-state index >= 15 is 0 Å². The summed E-state index contributed by atoms with van der Waals surface area (Å²) >= 11 is 0. The van der Waals surface area contributed by atoms with Crippen molar-refractivity contribution in [3.8, 4) is 0 Å². The van der Waals surface area contributed by atoms with Crippen LogP contribution in [0.25, 0.3) is 0 Å². The molecular formula is C17H16F6O. The maximum absolute atomic E-state index is 14.4. The molecule has 0 radical (unpaired) electrons. The SMILES string of the molecule is C=C(OC)/C(F)=C1\C(=C)C2=C(C(F)=C(CC)CC2)C(F)(F)C1(F)F. The Balaban J connectivity index is 2.83. The van der Waals surface area contributed by atoms with Gasteiger partial charge in [0.05, 0.1) is 18.3 Å². The van der Waals surface area contributed by atoms with Crippen molar-refractivity contribution >= 4 is 0 Å². The Kier molecular flexibility index (Phi) is 4.50. The highest BCUT2D eigenvalue weighted by molar-refractivity contribution is 5.65. The average molecular weight is 350 g/mol. The molecule has 0 aromatic rings. The summed E-state index contributed by atoms with van der Waals surface area (Å²) in [4.78, 5) is 0. The van der Waals surface area contributed by atoms with Crippen LogP contribution in [0.2, 0.25) is 0 Å². The Morgan fingerprint density at radius 1 is 1.17 bits per heavy atom. The highest BCUT2D eigenvalue weighted by Crippen LogP contribution is 2.59. The third kappa shape index (κ3) is 2.32. The van der Waals surface area contributed by atoms with Gasteiger partial charge in [-0.2, -0.15) is 17.6 Å². The van der Waals surface area contributed by atoms with E-state index in [1.807, 2.05) is 0 Å². The Bertz CT molecular complexity index is 709. The fraction of sp³-hybridized carbons (Fsp3) is 0.412. The van der Waals surface area contributed by atoms with Gasteiger partial charge in [0.2, 0.25) is 0 Å². The van der Waals surface area contributed by atoms with Gasteiger partial charge in [-0.25, -0.2) is 8.78 Å². The van der Waals surface area contributed by atoms with Gasteiger partial charge < -0.3 is 4.74 Å². The Hall–Kier alpha value is -1.92. The maximum atomic E-state index is 14.4. The zero-order valence-corrected chi connectivity index (χ0v) is 13.2. The minimum absolute atomic E-state index is 0.0335. The number of rotatable bonds is 3. The maximum Gasteiger partial charge on any atom is 0.343 e. The first-order valence-corrected chi connectivity index (χ1v) is 7.22. The molecule has 0 aliphatic heterocycles. The number of ether oxygens (including phenoxy) is 1. The minimum Gasteiger partial charge on any atom is -0.494 e. The number of allylic oxidation sites excluding steroid dienone is 7. The highest BCUT2D eigenvalue weighted by Gasteiger charge is 2.67. The quantitative estimate of drug-likeness (QED) is 0.452. The second-order valence-electron chi connectivity index (χ2n) is 5.57. The van der Waals surface area contributed by atoms with E-state index in [9.17, 15) is 26.3 Å². The highest BCUT2D eigenvalue weighted by atomic mass is 19.3. The molecule has 0 aromatic heterocycles. The fourth-order valence-electron chi connectivity index (χ4n) is 2.93. The molecule has 0 spiro atoms. The van der Waals surface area contributed by atoms with E-state index in [2.05, 4.69) is 17.9 Å². The lowest BCUT2D eigenvalue weighted by atomic mass is 9.73. The van der Waals surface area contributed by atoms with E-state index < -0.39 is 51.6 Å². The van der Waals surface area contributed by atoms with Gasteiger partial charge in [0.15, 0.2) is 5.83 Å². The summed E-state index contributed by atoms with van der Waals surface area (Å²) < 4.78 is 90.7. The van der Waals surface area contributed by atoms with Crippen molar-refractivity contribution in [3.05, 3.63) is 58.4 Å². The molecule has 132 valence electrons. The third-order valence-corrected chi connectivity index (χ3v) is 4.33. The lowest BCUT2D eigenvalue weighted by molar-refractivity contribution is -0.164. The second kappa shape index (κ2) is 5.86.